The zero-order chi connectivity index (χ0) is 7.78. The van der Waals surface area contributed by atoms with Crippen molar-refractivity contribution in [1.29, 1.82) is 0 Å². The van der Waals surface area contributed by atoms with Crippen LogP contribution in [-0.2, 0) is 21.7 Å². The number of rotatable bonds is 0. The molecule has 0 radical (unpaired) electrons. The summed E-state index contributed by atoms with van der Waals surface area (Å²) in [5.41, 5.74) is 15.0. The van der Waals surface area contributed by atoms with Gasteiger partial charge < -0.3 is 13.8 Å². The Kier molecular flexibility index (Phi) is 13.1. The summed E-state index contributed by atoms with van der Waals surface area (Å²) in [4.78, 5) is 0. The fraction of sp³-hybridized carbons (Fsp3) is 0.333. The van der Waals surface area contributed by atoms with Crippen molar-refractivity contribution in [1.82, 2.24) is 0 Å². The Labute approximate surface area is 95.6 Å². The predicted octanol–water partition coefficient (Wildman–Crippen LogP) is 3.14. The van der Waals surface area contributed by atoms with Crippen molar-refractivity contribution in [3.8, 4) is 0 Å². The first-order valence-corrected chi connectivity index (χ1v) is 3.82. The Hall–Kier alpha value is -0.606. The predicted molar refractivity (Wildman–Crippen MR) is 50.3 cm³/mol. The SMILES string of the molecule is C1=C=C=C=C=C=1.[CH-]1CCCC1.[CH3-].[Ti+2]. The molecule has 0 aromatic carbocycles. The molecule has 13 heavy (non-hydrogen) atoms. The molecule has 64 valence electrons. The van der Waals surface area contributed by atoms with Gasteiger partial charge in [-0.25, -0.2) is 0 Å². The summed E-state index contributed by atoms with van der Waals surface area (Å²) < 4.78 is 0. The molecular formula is C12H12Ti. The van der Waals surface area contributed by atoms with Gasteiger partial charge in [0.25, 0.3) is 0 Å². The Morgan fingerprint density at radius 1 is 0.692 bits per heavy atom. The second kappa shape index (κ2) is 11.4. The molecule has 0 amide bonds. The van der Waals surface area contributed by atoms with Gasteiger partial charge in [-0.2, -0.15) is 12.8 Å². The van der Waals surface area contributed by atoms with E-state index in [9.17, 15) is 0 Å². The molecule has 0 atom stereocenters. The fourth-order valence-corrected chi connectivity index (χ4v) is 0.909. The minimum atomic E-state index is 0. The maximum Gasteiger partial charge on any atom is 2.00 e. The molecule has 1 heteroatoms. The summed E-state index contributed by atoms with van der Waals surface area (Å²) in [5, 5.41) is 0. The van der Waals surface area contributed by atoms with Gasteiger partial charge in [0.2, 0.25) is 0 Å². The van der Waals surface area contributed by atoms with Gasteiger partial charge in [-0.3, -0.25) is 0 Å². The normalized spacial score (nSPS) is 12.9. The van der Waals surface area contributed by atoms with Crippen molar-refractivity contribution in [2.24, 2.45) is 0 Å². The van der Waals surface area contributed by atoms with Crippen molar-refractivity contribution < 1.29 is 21.7 Å². The molecule has 0 spiro atoms. The first-order chi connectivity index (χ1) is 5.50. The third kappa shape index (κ3) is 9.31. The average molecular weight is 204 g/mol. The summed E-state index contributed by atoms with van der Waals surface area (Å²) in [7, 11) is 0. The van der Waals surface area contributed by atoms with Crippen molar-refractivity contribution in [2.75, 3.05) is 0 Å². The molecule has 0 aromatic rings. The molecule has 2 aliphatic carbocycles. The molecule has 0 unspecified atom stereocenters. The number of hydrogen-bond acceptors (Lipinski definition) is 0. The van der Waals surface area contributed by atoms with Crippen LogP contribution in [0, 0.1) is 13.8 Å². The molecule has 0 bridgehead atoms. The van der Waals surface area contributed by atoms with Gasteiger partial charge in [0.1, 0.15) is 0 Å². The minimum absolute atomic E-state index is 0. The van der Waals surface area contributed by atoms with Gasteiger partial charge in [-0.05, 0) is 0 Å². The topological polar surface area (TPSA) is 0 Å². The van der Waals surface area contributed by atoms with Crippen LogP contribution in [0.2, 0.25) is 0 Å². The van der Waals surface area contributed by atoms with Crippen molar-refractivity contribution in [3.63, 3.8) is 0 Å². The zero-order valence-electron chi connectivity index (χ0n) is 7.91. The molecule has 0 N–H and O–H groups in total. The molecule has 0 heterocycles. The van der Waals surface area contributed by atoms with Crippen LogP contribution in [-0.4, -0.2) is 0 Å². The Bertz CT molecular complexity index is 227. The van der Waals surface area contributed by atoms with Crippen LogP contribution in [0.4, 0.5) is 0 Å². The van der Waals surface area contributed by atoms with Crippen molar-refractivity contribution in [2.45, 2.75) is 25.7 Å². The molecule has 0 aliphatic heterocycles. The standard InChI is InChI=1S/C6.C5H9.CH3.Ti/c1-2-4-6-5-3-1;1-2-4-5-3-1;;/h;1H,2-5H2;1H3;/q;2*-1;+2. The van der Waals surface area contributed by atoms with Gasteiger partial charge in [-0.15, -0.1) is 0 Å². The minimum Gasteiger partial charge on any atom is -0.358 e. The third-order valence-corrected chi connectivity index (χ3v) is 1.44. The van der Waals surface area contributed by atoms with Crippen LogP contribution in [0.3, 0.4) is 0 Å². The molecule has 2 rings (SSSR count). The molecule has 0 nitrogen and oxygen atoms in total. The molecular weight excluding hydrogens is 192 g/mol. The van der Waals surface area contributed by atoms with Crippen molar-refractivity contribution in [3.05, 3.63) is 48.2 Å². The van der Waals surface area contributed by atoms with Crippen LogP contribution < -0.4 is 0 Å². The van der Waals surface area contributed by atoms with Gasteiger partial charge >= 0.3 is 21.7 Å². The van der Waals surface area contributed by atoms with Gasteiger partial charge in [0.15, 0.2) is 0 Å². The second-order valence-corrected chi connectivity index (χ2v) is 2.32. The van der Waals surface area contributed by atoms with Gasteiger partial charge in [-0.1, -0.05) is 12.8 Å². The first-order valence-electron chi connectivity index (χ1n) is 3.82. The monoisotopic (exact) mass is 204 g/mol. The van der Waals surface area contributed by atoms with E-state index in [1.807, 2.05) is 0 Å². The van der Waals surface area contributed by atoms with E-state index in [0.717, 1.165) is 0 Å². The van der Waals surface area contributed by atoms with Crippen LogP contribution in [0.5, 0.6) is 0 Å². The third-order valence-electron chi connectivity index (χ3n) is 1.44. The maximum atomic E-state index is 2.50. The quantitative estimate of drug-likeness (QED) is 0.346. The van der Waals surface area contributed by atoms with E-state index < -0.39 is 0 Å². The van der Waals surface area contributed by atoms with Crippen LogP contribution in [0.25, 0.3) is 0 Å². The second-order valence-electron chi connectivity index (χ2n) is 2.32. The van der Waals surface area contributed by atoms with E-state index >= 15 is 0 Å². The van der Waals surface area contributed by atoms with Crippen molar-refractivity contribution >= 4 is 0 Å². The van der Waals surface area contributed by atoms with E-state index in [1.165, 1.54) is 25.7 Å². The molecule has 1 fully saturated rings. The van der Waals surface area contributed by atoms with E-state index in [2.05, 4.69) is 40.8 Å². The summed E-state index contributed by atoms with van der Waals surface area (Å²) in [5.74, 6) is 0. The Morgan fingerprint density at radius 2 is 1.00 bits per heavy atom. The molecule has 0 saturated heterocycles. The smallest absolute Gasteiger partial charge is 0.358 e. The van der Waals surface area contributed by atoms with E-state index in [0.29, 0.717) is 0 Å². The molecule has 0 aromatic heterocycles. The Morgan fingerprint density at radius 3 is 1.15 bits per heavy atom. The van der Waals surface area contributed by atoms with E-state index in [-0.39, 0.29) is 29.1 Å². The van der Waals surface area contributed by atoms with E-state index in [4.69, 9.17) is 0 Å². The molecule has 1 saturated carbocycles. The number of hydrogen-bond donors (Lipinski definition) is 0. The summed E-state index contributed by atoms with van der Waals surface area (Å²) >= 11 is 0. The van der Waals surface area contributed by atoms with Crippen LogP contribution in [0.15, 0.2) is 34.4 Å². The van der Waals surface area contributed by atoms with E-state index in [1.54, 1.807) is 0 Å². The molecule has 2 aliphatic rings. The fourth-order valence-electron chi connectivity index (χ4n) is 0.909. The Balaban J connectivity index is 0. The summed E-state index contributed by atoms with van der Waals surface area (Å²) in [6.45, 7) is 0. The van der Waals surface area contributed by atoms with Crippen LogP contribution in [0.1, 0.15) is 25.7 Å². The van der Waals surface area contributed by atoms with Gasteiger partial charge in [0, 0.05) is 34.4 Å². The zero-order valence-corrected chi connectivity index (χ0v) is 9.47. The van der Waals surface area contributed by atoms with Gasteiger partial charge in [0.05, 0.1) is 0 Å². The summed E-state index contributed by atoms with van der Waals surface area (Å²) in [6.07, 6.45) is 8.00. The largest absolute Gasteiger partial charge is 2.00 e. The maximum absolute atomic E-state index is 2.50. The average Bonchev–Trinajstić information content (AvgIpc) is 2.64. The summed E-state index contributed by atoms with van der Waals surface area (Å²) in [6, 6.07) is 0. The first kappa shape index (κ1) is 14.9. The van der Waals surface area contributed by atoms with Crippen LogP contribution >= 0.6 is 0 Å².